The monoisotopic (exact) mass is 281 g/mol. The van der Waals surface area contributed by atoms with Gasteiger partial charge in [0.15, 0.2) is 0 Å². The van der Waals surface area contributed by atoms with Gasteiger partial charge in [0.25, 0.3) is 5.91 Å². The fraction of sp³-hybridized carbons (Fsp3) is 0.235. The van der Waals surface area contributed by atoms with Gasteiger partial charge in [-0.25, -0.2) is 5.43 Å². The Morgan fingerprint density at radius 1 is 1.14 bits per heavy atom. The van der Waals surface area contributed by atoms with Crippen molar-refractivity contribution in [3.05, 3.63) is 64.5 Å². The maximum Gasteiger partial charge on any atom is 0.271 e. The number of hydrogen-bond acceptors (Lipinski definition) is 3. The molecule has 0 aliphatic rings. The Bertz CT molecular complexity index is 667. The van der Waals surface area contributed by atoms with Gasteiger partial charge >= 0.3 is 0 Å². The van der Waals surface area contributed by atoms with Crippen LogP contribution in [0.15, 0.2) is 41.5 Å². The number of benzene rings is 1. The van der Waals surface area contributed by atoms with Gasteiger partial charge in [0.2, 0.25) is 0 Å². The highest BCUT2D eigenvalue weighted by molar-refractivity contribution is 6.02. The van der Waals surface area contributed by atoms with Crippen LogP contribution >= 0.6 is 0 Å². The van der Waals surface area contributed by atoms with Crippen LogP contribution in [-0.4, -0.2) is 16.6 Å². The van der Waals surface area contributed by atoms with E-state index in [2.05, 4.69) is 15.5 Å². The SMILES string of the molecule is CC(=NNC(=O)c1ccccc1)c1c(C)cc(C)nc1C. The summed E-state index contributed by atoms with van der Waals surface area (Å²) in [5, 5.41) is 4.20. The first kappa shape index (κ1) is 14.9. The zero-order valence-electron chi connectivity index (χ0n) is 12.8. The van der Waals surface area contributed by atoms with Crippen molar-refractivity contribution < 1.29 is 4.79 Å². The van der Waals surface area contributed by atoms with Crippen molar-refractivity contribution in [3.63, 3.8) is 0 Å². The molecular formula is C17H19N3O. The number of nitrogens with one attached hydrogen (secondary N) is 1. The highest BCUT2D eigenvalue weighted by Gasteiger charge is 2.09. The van der Waals surface area contributed by atoms with Gasteiger partial charge in [-0.15, -0.1) is 0 Å². The van der Waals surface area contributed by atoms with Crippen molar-refractivity contribution in [1.82, 2.24) is 10.4 Å². The van der Waals surface area contributed by atoms with Crippen LogP contribution in [0.2, 0.25) is 0 Å². The molecule has 0 saturated carbocycles. The molecule has 0 bridgehead atoms. The summed E-state index contributed by atoms with van der Waals surface area (Å²) in [4.78, 5) is 16.4. The summed E-state index contributed by atoms with van der Waals surface area (Å²) in [6.07, 6.45) is 0. The number of carbonyl (C=O) groups excluding carboxylic acids is 1. The van der Waals surface area contributed by atoms with E-state index in [1.54, 1.807) is 12.1 Å². The summed E-state index contributed by atoms with van der Waals surface area (Å²) < 4.78 is 0. The minimum Gasteiger partial charge on any atom is -0.267 e. The van der Waals surface area contributed by atoms with Gasteiger partial charge in [-0.05, 0) is 51.5 Å². The lowest BCUT2D eigenvalue weighted by Gasteiger charge is -2.10. The van der Waals surface area contributed by atoms with Crippen LogP contribution in [0.5, 0.6) is 0 Å². The number of hydrogen-bond donors (Lipinski definition) is 1. The maximum absolute atomic E-state index is 12.0. The van der Waals surface area contributed by atoms with E-state index in [4.69, 9.17) is 0 Å². The quantitative estimate of drug-likeness (QED) is 0.694. The molecule has 4 nitrogen and oxygen atoms in total. The number of hydrazone groups is 1. The molecule has 0 saturated heterocycles. The van der Waals surface area contributed by atoms with E-state index >= 15 is 0 Å². The van der Waals surface area contributed by atoms with Crippen LogP contribution in [0.1, 0.15) is 39.8 Å². The topological polar surface area (TPSA) is 54.4 Å². The summed E-state index contributed by atoms with van der Waals surface area (Å²) in [5.74, 6) is -0.217. The lowest BCUT2D eigenvalue weighted by molar-refractivity contribution is 0.0955. The first-order chi connectivity index (χ1) is 9.99. The van der Waals surface area contributed by atoms with Crippen molar-refractivity contribution in [2.45, 2.75) is 27.7 Å². The first-order valence-electron chi connectivity index (χ1n) is 6.84. The van der Waals surface area contributed by atoms with Crippen LogP contribution in [0, 0.1) is 20.8 Å². The fourth-order valence-corrected chi connectivity index (χ4v) is 2.42. The second kappa shape index (κ2) is 6.31. The Kier molecular flexibility index (Phi) is 4.48. The summed E-state index contributed by atoms with van der Waals surface area (Å²) in [6.45, 7) is 7.81. The molecule has 21 heavy (non-hydrogen) atoms. The van der Waals surface area contributed by atoms with Crippen LogP contribution in [0.4, 0.5) is 0 Å². The van der Waals surface area contributed by atoms with E-state index in [-0.39, 0.29) is 5.91 Å². The zero-order valence-corrected chi connectivity index (χ0v) is 12.8. The summed E-state index contributed by atoms with van der Waals surface area (Å²) in [7, 11) is 0. The first-order valence-corrected chi connectivity index (χ1v) is 6.84. The third kappa shape index (κ3) is 3.54. The number of rotatable bonds is 3. The van der Waals surface area contributed by atoms with Crippen molar-refractivity contribution >= 4 is 11.6 Å². The molecule has 1 N–H and O–H groups in total. The predicted molar refractivity (Wildman–Crippen MR) is 84.6 cm³/mol. The summed E-state index contributed by atoms with van der Waals surface area (Å²) >= 11 is 0. The third-order valence-electron chi connectivity index (χ3n) is 3.25. The number of amides is 1. The van der Waals surface area contributed by atoms with E-state index in [1.807, 2.05) is 52.0 Å². The molecule has 0 unspecified atom stereocenters. The number of aryl methyl sites for hydroxylation is 3. The number of nitrogens with zero attached hydrogens (tertiary/aromatic N) is 2. The average Bonchev–Trinajstić information content (AvgIpc) is 2.44. The molecule has 0 aliphatic carbocycles. The Hall–Kier alpha value is -2.49. The minimum absolute atomic E-state index is 0.217. The van der Waals surface area contributed by atoms with Gasteiger partial charge in [0, 0.05) is 22.5 Å². The Morgan fingerprint density at radius 3 is 2.43 bits per heavy atom. The second-order valence-corrected chi connectivity index (χ2v) is 5.05. The average molecular weight is 281 g/mol. The van der Waals surface area contributed by atoms with Crippen LogP contribution in [0.3, 0.4) is 0 Å². The minimum atomic E-state index is -0.217. The van der Waals surface area contributed by atoms with Crippen molar-refractivity contribution in [1.29, 1.82) is 0 Å². The summed E-state index contributed by atoms with van der Waals surface area (Å²) in [6, 6.07) is 11.0. The Balaban J connectivity index is 2.21. The van der Waals surface area contributed by atoms with Crippen LogP contribution < -0.4 is 5.43 Å². The van der Waals surface area contributed by atoms with Gasteiger partial charge in [0.05, 0.1) is 5.71 Å². The molecular weight excluding hydrogens is 262 g/mol. The zero-order chi connectivity index (χ0) is 15.4. The second-order valence-electron chi connectivity index (χ2n) is 5.05. The molecule has 0 aliphatic heterocycles. The largest absolute Gasteiger partial charge is 0.271 e. The van der Waals surface area contributed by atoms with E-state index < -0.39 is 0 Å². The van der Waals surface area contributed by atoms with Gasteiger partial charge < -0.3 is 0 Å². The van der Waals surface area contributed by atoms with Gasteiger partial charge in [-0.3, -0.25) is 9.78 Å². The molecule has 2 aromatic rings. The molecule has 1 heterocycles. The van der Waals surface area contributed by atoms with Crippen LogP contribution in [0.25, 0.3) is 0 Å². The normalized spacial score (nSPS) is 11.3. The molecule has 0 fully saturated rings. The highest BCUT2D eigenvalue weighted by Crippen LogP contribution is 2.14. The lowest BCUT2D eigenvalue weighted by Crippen LogP contribution is -2.20. The molecule has 1 aromatic carbocycles. The number of carbonyl (C=O) groups is 1. The molecule has 2 rings (SSSR count). The molecule has 108 valence electrons. The van der Waals surface area contributed by atoms with Gasteiger partial charge in [-0.1, -0.05) is 18.2 Å². The predicted octanol–water partition coefficient (Wildman–Crippen LogP) is 3.16. The number of aromatic nitrogens is 1. The van der Waals surface area contributed by atoms with E-state index in [9.17, 15) is 4.79 Å². The standard InChI is InChI=1S/C17H19N3O/c1-11-10-12(2)18-13(3)16(11)14(4)19-20-17(21)15-8-6-5-7-9-15/h5-10H,1-4H3,(H,20,21). The number of pyridine rings is 1. The smallest absolute Gasteiger partial charge is 0.267 e. The van der Waals surface area contributed by atoms with E-state index in [1.165, 1.54) is 0 Å². The molecule has 1 amide bonds. The van der Waals surface area contributed by atoms with E-state index in [0.29, 0.717) is 5.56 Å². The van der Waals surface area contributed by atoms with Crippen LogP contribution in [-0.2, 0) is 0 Å². The van der Waals surface area contributed by atoms with Crippen molar-refractivity contribution in [2.75, 3.05) is 0 Å². The molecule has 0 atom stereocenters. The Morgan fingerprint density at radius 2 is 1.81 bits per heavy atom. The van der Waals surface area contributed by atoms with Crippen molar-refractivity contribution in [2.24, 2.45) is 5.10 Å². The molecule has 0 spiro atoms. The molecule has 0 radical (unpaired) electrons. The highest BCUT2D eigenvalue weighted by atomic mass is 16.2. The third-order valence-corrected chi connectivity index (χ3v) is 3.25. The molecule has 1 aromatic heterocycles. The molecule has 4 heteroatoms. The lowest BCUT2D eigenvalue weighted by atomic mass is 10.0. The summed E-state index contributed by atoms with van der Waals surface area (Å²) in [5.41, 5.74) is 7.91. The van der Waals surface area contributed by atoms with E-state index in [0.717, 1.165) is 28.2 Å². The maximum atomic E-state index is 12.0. The Labute approximate surface area is 124 Å². The van der Waals surface area contributed by atoms with Gasteiger partial charge in [0.1, 0.15) is 0 Å². The fourth-order valence-electron chi connectivity index (χ4n) is 2.42. The van der Waals surface area contributed by atoms with Gasteiger partial charge in [-0.2, -0.15) is 5.10 Å². The van der Waals surface area contributed by atoms with Crippen molar-refractivity contribution in [3.8, 4) is 0 Å².